The zero-order chi connectivity index (χ0) is 13.7. The topological polar surface area (TPSA) is 61.8 Å². The first-order valence-corrected chi connectivity index (χ1v) is 6.58. The maximum Gasteiger partial charge on any atom is 0.317 e. The first-order valence-electron chi connectivity index (χ1n) is 6.58. The summed E-state index contributed by atoms with van der Waals surface area (Å²) in [6, 6.07) is 7.66. The Morgan fingerprint density at radius 3 is 2.74 bits per heavy atom. The second-order valence-electron chi connectivity index (χ2n) is 4.76. The molecule has 2 amide bonds. The van der Waals surface area contributed by atoms with E-state index in [4.69, 9.17) is 4.74 Å². The van der Waals surface area contributed by atoms with Crippen LogP contribution in [-0.2, 0) is 6.42 Å². The summed E-state index contributed by atoms with van der Waals surface area (Å²) in [5, 5.41) is 12.0. The van der Waals surface area contributed by atoms with E-state index in [1.54, 1.807) is 11.8 Å². The first kappa shape index (κ1) is 13.7. The van der Waals surface area contributed by atoms with Gasteiger partial charge in [0.2, 0.25) is 0 Å². The normalized spacial score (nSPS) is 16.3. The number of urea groups is 1. The van der Waals surface area contributed by atoms with E-state index in [0.717, 1.165) is 17.9 Å². The highest BCUT2D eigenvalue weighted by Gasteiger charge is 2.18. The second kappa shape index (κ2) is 6.43. The zero-order valence-electron chi connectivity index (χ0n) is 11.1. The molecule has 0 aromatic heterocycles. The van der Waals surface area contributed by atoms with Gasteiger partial charge in [0.05, 0.1) is 12.6 Å². The minimum Gasteiger partial charge on any atom is -0.492 e. The summed E-state index contributed by atoms with van der Waals surface area (Å²) >= 11 is 0. The number of hydrogen-bond donors (Lipinski definition) is 2. The highest BCUT2D eigenvalue weighted by molar-refractivity contribution is 5.76. The molecule has 5 nitrogen and oxygen atoms in total. The maximum absolute atomic E-state index is 11.3. The Kier molecular flexibility index (Phi) is 4.63. The highest BCUT2D eigenvalue weighted by atomic mass is 16.5. The third-order valence-corrected chi connectivity index (χ3v) is 3.03. The molecule has 19 heavy (non-hydrogen) atoms. The number of benzene rings is 1. The Bertz CT molecular complexity index is 417. The van der Waals surface area contributed by atoms with Crippen molar-refractivity contribution in [3.8, 4) is 5.75 Å². The highest BCUT2D eigenvalue weighted by Crippen LogP contribution is 2.13. The monoisotopic (exact) mass is 264 g/mol. The predicted octanol–water partition coefficient (Wildman–Crippen LogP) is 1.01. The van der Waals surface area contributed by atoms with Crippen LogP contribution in [0.15, 0.2) is 24.3 Å². The Balaban J connectivity index is 1.75. The zero-order valence-corrected chi connectivity index (χ0v) is 11.1. The van der Waals surface area contributed by atoms with Crippen LogP contribution in [0.3, 0.4) is 0 Å². The van der Waals surface area contributed by atoms with Crippen LogP contribution in [0.4, 0.5) is 4.79 Å². The smallest absolute Gasteiger partial charge is 0.317 e. The summed E-state index contributed by atoms with van der Waals surface area (Å²) in [6.07, 6.45) is 0.314. The van der Waals surface area contributed by atoms with Gasteiger partial charge in [-0.3, -0.25) is 0 Å². The molecule has 1 aliphatic rings. The van der Waals surface area contributed by atoms with Crippen LogP contribution >= 0.6 is 0 Å². The summed E-state index contributed by atoms with van der Waals surface area (Å²) in [4.78, 5) is 13.0. The summed E-state index contributed by atoms with van der Waals surface area (Å²) in [7, 11) is 0. The number of carbonyl (C=O) groups excluding carboxylic acids is 1. The lowest BCUT2D eigenvalue weighted by atomic mass is 10.1. The van der Waals surface area contributed by atoms with Crippen molar-refractivity contribution < 1.29 is 14.6 Å². The molecule has 1 atom stereocenters. The van der Waals surface area contributed by atoms with Gasteiger partial charge in [0.15, 0.2) is 0 Å². The number of hydrogen-bond acceptors (Lipinski definition) is 3. The first-order chi connectivity index (χ1) is 9.15. The lowest BCUT2D eigenvalue weighted by Gasteiger charge is -2.14. The van der Waals surface area contributed by atoms with E-state index < -0.39 is 0 Å². The minimum absolute atomic E-state index is 0.0177. The lowest BCUT2D eigenvalue weighted by Crippen LogP contribution is -2.31. The number of amides is 2. The van der Waals surface area contributed by atoms with Crippen LogP contribution in [0.2, 0.25) is 0 Å². The lowest BCUT2D eigenvalue weighted by molar-refractivity contribution is 0.195. The molecule has 2 N–H and O–H groups in total. The largest absolute Gasteiger partial charge is 0.492 e. The van der Waals surface area contributed by atoms with Crippen molar-refractivity contribution >= 4 is 6.03 Å². The average Bonchev–Trinajstić information content (AvgIpc) is 2.77. The third-order valence-electron chi connectivity index (χ3n) is 3.03. The number of aliphatic hydroxyl groups excluding tert-OH is 1. The molecule has 0 saturated carbocycles. The summed E-state index contributed by atoms with van der Waals surface area (Å²) in [5.74, 6) is 0.786. The number of nitrogens with one attached hydrogen (secondary N) is 1. The minimum atomic E-state index is -0.333. The van der Waals surface area contributed by atoms with Crippen LogP contribution < -0.4 is 10.1 Å². The van der Waals surface area contributed by atoms with Gasteiger partial charge in [-0.15, -0.1) is 0 Å². The fourth-order valence-electron chi connectivity index (χ4n) is 2.06. The summed E-state index contributed by atoms with van der Waals surface area (Å²) < 4.78 is 5.59. The maximum atomic E-state index is 11.3. The van der Waals surface area contributed by atoms with E-state index in [9.17, 15) is 9.90 Å². The van der Waals surface area contributed by atoms with Crippen LogP contribution in [0.25, 0.3) is 0 Å². The van der Waals surface area contributed by atoms with Crippen molar-refractivity contribution in [1.29, 1.82) is 0 Å². The molecule has 1 aromatic carbocycles. The van der Waals surface area contributed by atoms with Crippen molar-refractivity contribution in [2.24, 2.45) is 0 Å². The molecule has 104 valence electrons. The van der Waals surface area contributed by atoms with Gasteiger partial charge in [-0.25, -0.2) is 4.79 Å². The van der Waals surface area contributed by atoms with Gasteiger partial charge in [0, 0.05) is 13.1 Å². The van der Waals surface area contributed by atoms with Gasteiger partial charge in [-0.2, -0.15) is 0 Å². The molecule has 1 heterocycles. The standard InChI is InChI=1S/C14H20N2O3/c1-11(17)10-12-2-4-13(5-3-12)19-9-8-16-7-6-15-14(16)18/h2-5,11,17H,6-10H2,1H3,(H,15,18). The van der Waals surface area contributed by atoms with Crippen molar-refractivity contribution in [3.05, 3.63) is 29.8 Å². The van der Waals surface area contributed by atoms with E-state index in [1.165, 1.54) is 0 Å². The Morgan fingerprint density at radius 2 is 2.16 bits per heavy atom. The van der Waals surface area contributed by atoms with Gasteiger partial charge in [0.25, 0.3) is 0 Å². The quantitative estimate of drug-likeness (QED) is 0.806. The number of nitrogens with zero attached hydrogens (tertiary/aromatic N) is 1. The van der Waals surface area contributed by atoms with E-state index in [2.05, 4.69) is 5.32 Å². The molecule has 1 aliphatic heterocycles. The SMILES string of the molecule is CC(O)Cc1ccc(OCCN2CCNC2=O)cc1. The molecule has 0 radical (unpaired) electrons. The van der Waals surface area contributed by atoms with Gasteiger partial charge in [-0.1, -0.05) is 12.1 Å². The molecular formula is C14H20N2O3. The molecule has 1 fully saturated rings. The summed E-state index contributed by atoms with van der Waals surface area (Å²) in [6.45, 7) is 4.32. The summed E-state index contributed by atoms with van der Waals surface area (Å²) in [5.41, 5.74) is 1.08. The molecule has 5 heteroatoms. The molecule has 1 unspecified atom stereocenters. The second-order valence-corrected chi connectivity index (χ2v) is 4.76. The molecule has 2 rings (SSSR count). The molecule has 1 saturated heterocycles. The molecule has 1 aromatic rings. The molecule has 0 aliphatic carbocycles. The van der Waals surface area contributed by atoms with Crippen molar-refractivity contribution in [3.63, 3.8) is 0 Å². The van der Waals surface area contributed by atoms with Crippen LogP contribution in [-0.4, -0.2) is 48.4 Å². The number of rotatable bonds is 6. The van der Waals surface area contributed by atoms with Crippen LogP contribution in [0.1, 0.15) is 12.5 Å². The number of ether oxygens (including phenoxy) is 1. The van der Waals surface area contributed by atoms with Gasteiger partial charge >= 0.3 is 6.03 Å². The molecular weight excluding hydrogens is 244 g/mol. The predicted molar refractivity (Wildman–Crippen MR) is 72.3 cm³/mol. The number of aliphatic hydroxyl groups is 1. The van der Waals surface area contributed by atoms with Crippen molar-refractivity contribution in [1.82, 2.24) is 10.2 Å². The van der Waals surface area contributed by atoms with Crippen LogP contribution in [0.5, 0.6) is 5.75 Å². The fourth-order valence-corrected chi connectivity index (χ4v) is 2.06. The van der Waals surface area contributed by atoms with Gasteiger partial charge in [-0.05, 0) is 31.0 Å². The fraction of sp³-hybridized carbons (Fsp3) is 0.500. The van der Waals surface area contributed by atoms with Crippen LogP contribution in [0, 0.1) is 0 Å². The molecule has 0 spiro atoms. The Hall–Kier alpha value is -1.75. The van der Waals surface area contributed by atoms with Crippen molar-refractivity contribution in [2.45, 2.75) is 19.4 Å². The van der Waals surface area contributed by atoms with Gasteiger partial charge < -0.3 is 20.1 Å². The Labute approximate surface area is 113 Å². The third kappa shape index (κ3) is 4.13. The average molecular weight is 264 g/mol. The Morgan fingerprint density at radius 1 is 1.42 bits per heavy atom. The van der Waals surface area contributed by atoms with E-state index in [-0.39, 0.29) is 12.1 Å². The molecule has 0 bridgehead atoms. The van der Waals surface area contributed by atoms with Crippen molar-refractivity contribution in [2.75, 3.05) is 26.2 Å². The number of carbonyl (C=O) groups is 1. The van der Waals surface area contributed by atoms with E-state index in [0.29, 0.717) is 26.1 Å². The van der Waals surface area contributed by atoms with E-state index >= 15 is 0 Å². The van der Waals surface area contributed by atoms with E-state index in [1.807, 2.05) is 24.3 Å². The van der Waals surface area contributed by atoms with Gasteiger partial charge in [0.1, 0.15) is 12.4 Å².